The molecule has 2 saturated heterocycles. The second-order valence-electron chi connectivity index (χ2n) is 5.00. The van der Waals surface area contributed by atoms with E-state index in [1.807, 2.05) is 24.5 Å². The van der Waals surface area contributed by atoms with Crippen LogP contribution in [0.5, 0.6) is 0 Å². The molecule has 2 aliphatic heterocycles. The van der Waals surface area contributed by atoms with Gasteiger partial charge in [-0.15, -0.1) is 0 Å². The first-order valence-electron chi connectivity index (χ1n) is 6.13. The molecule has 16 heavy (non-hydrogen) atoms. The van der Waals surface area contributed by atoms with Crippen molar-refractivity contribution in [1.82, 2.24) is 4.98 Å². The molecule has 0 aromatic carbocycles. The van der Waals surface area contributed by atoms with E-state index in [1.165, 1.54) is 18.4 Å². The third-order valence-corrected chi connectivity index (χ3v) is 3.92. The first-order chi connectivity index (χ1) is 7.83. The fourth-order valence-corrected chi connectivity index (χ4v) is 3.07. The summed E-state index contributed by atoms with van der Waals surface area (Å²) in [5, 5.41) is 0. The van der Waals surface area contributed by atoms with Crippen LogP contribution in [0.25, 0.3) is 0 Å². The Balaban J connectivity index is 1.64. The van der Waals surface area contributed by atoms with Crippen LogP contribution in [0.1, 0.15) is 24.8 Å². The quantitative estimate of drug-likeness (QED) is 0.836. The van der Waals surface area contributed by atoms with E-state index in [1.54, 1.807) is 0 Å². The van der Waals surface area contributed by atoms with Crippen molar-refractivity contribution in [2.75, 3.05) is 0 Å². The van der Waals surface area contributed by atoms with Crippen molar-refractivity contribution < 1.29 is 4.74 Å². The molecule has 86 valence electrons. The molecule has 2 N–H and O–H groups in total. The van der Waals surface area contributed by atoms with Crippen molar-refractivity contribution in [3.8, 4) is 0 Å². The fourth-order valence-electron chi connectivity index (χ4n) is 3.07. The molecule has 2 bridgehead atoms. The van der Waals surface area contributed by atoms with E-state index in [0.717, 1.165) is 12.8 Å². The Kier molecular flexibility index (Phi) is 2.65. The second-order valence-corrected chi connectivity index (χ2v) is 5.00. The summed E-state index contributed by atoms with van der Waals surface area (Å²) < 4.78 is 5.85. The SMILES string of the molecule is NC(Cc1ccncc1)C1CC2CCC1O2. The Bertz CT molecular complexity index is 354. The van der Waals surface area contributed by atoms with Crippen molar-refractivity contribution in [2.45, 2.75) is 43.9 Å². The number of rotatable bonds is 3. The summed E-state index contributed by atoms with van der Waals surface area (Å²) in [7, 11) is 0. The van der Waals surface area contributed by atoms with Crippen LogP contribution in [0.15, 0.2) is 24.5 Å². The van der Waals surface area contributed by atoms with Gasteiger partial charge in [-0.1, -0.05) is 0 Å². The summed E-state index contributed by atoms with van der Waals surface area (Å²) in [6.07, 6.45) is 9.15. The third-order valence-electron chi connectivity index (χ3n) is 3.92. The number of nitrogens with zero attached hydrogens (tertiary/aromatic N) is 1. The highest BCUT2D eigenvalue weighted by atomic mass is 16.5. The van der Waals surface area contributed by atoms with E-state index in [-0.39, 0.29) is 6.04 Å². The van der Waals surface area contributed by atoms with Crippen molar-refractivity contribution in [3.05, 3.63) is 30.1 Å². The third kappa shape index (κ3) is 1.85. The lowest BCUT2D eigenvalue weighted by molar-refractivity contribution is 0.0885. The number of ether oxygens (including phenoxy) is 1. The van der Waals surface area contributed by atoms with E-state index in [9.17, 15) is 0 Å². The first-order valence-corrected chi connectivity index (χ1v) is 6.13. The molecule has 1 aromatic rings. The van der Waals surface area contributed by atoms with Gasteiger partial charge in [-0.2, -0.15) is 0 Å². The van der Waals surface area contributed by atoms with Gasteiger partial charge in [0.15, 0.2) is 0 Å². The van der Waals surface area contributed by atoms with E-state index < -0.39 is 0 Å². The van der Waals surface area contributed by atoms with Gasteiger partial charge in [0, 0.05) is 24.4 Å². The van der Waals surface area contributed by atoms with Gasteiger partial charge in [0.1, 0.15) is 0 Å². The van der Waals surface area contributed by atoms with Crippen molar-refractivity contribution in [3.63, 3.8) is 0 Å². The first kappa shape index (κ1) is 10.2. The van der Waals surface area contributed by atoms with Crippen LogP contribution in [0.2, 0.25) is 0 Å². The zero-order valence-electron chi connectivity index (χ0n) is 9.38. The summed E-state index contributed by atoms with van der Waals surface area (Å²) in [4.78, 5) is 4.02. The molecule has 2 fully saturated rings. The van der Waals surface area contributed by atoms with E-state index >= 15 is 0 Å². The summed E-state index contributed by atoms with van der Waals surface area (Å²) in [5.41, 5.74) is 7.58. The van der Waals surface area contributed by atoms with Gasteiger partial charge >= 0.3 is 0 Å². The molecule has 3 heteroatoms. The van der Waals surface area contributed by atoms with Crippen LogP contribution >= 0.6 is 0 Å². The standard InChI is InChI=1S/C13H18N2O/c14-12(7-9-3-5-15-6-4-9)11-8-10-1-2-13(11)16-10/h3-6,10-13H,1-2,7-8,14H2. The lowest BCUT2D eigenvalue weighted by Crippen LogP contribution is -2.37. The van der Waals surface area contributed by atoms with Crippen molar-refractivity contribution in [2.24, 2.45) is 11.7 Å². The smallest absolute Gasteiger partial charge is 0.0623 e. The molecule has 3 rings (SSSR count). The molecule has 4 unspecified atom stereocenters. The number of nitrogens with two attached hydrogens (primary N) is 1. The predicted molar refractivity (Wildman–Crippen MR) is 61.9 cm³/mol. The maximum Gasteiger partial charge on any atom is 0.0623 e. The molecule has 3 heterocycles. The minimum absolute atomic E-state index is 0.234. The fraction of sp³-hybridized carbons (Fsp3) is 0.615. The Morgan fingerprint density at radius 2 is 2.19 bits per heavy atom. The second kappa shape index (κ2) is 4.15. The Morgan fingerprint density at radius 3 is 2.81 bits per heavy atom. The number of fused-ring (bicyclic) bond motifs is 2. The van der Waals surface area contributed by atoms with Gasteiger partial charge in [-0.05, 0) is 43.4 Å². The zero-order chi connectivity index (χ0) is 11.0. The van der Waals surface area contributed by atoms with Crippen LogP contribution in [-0.2, 0) is 11.2 Å². The van der Waals surface area contributed by atoms with Gasteiger partial charge in [0.2, 0.25) is 0 Å². The van der Waals surface area contributed by atoms with Crippen LogP contribution < -0.4 is 5.73 Å². The van der Waals surface area contributed by atoms with Crippen LogP contribution in [-0.4, -0.2) is 23.2 Å². The van der Waals surface area contributed by atoms with Crippen LogP contribution in [0.4, 0.5) is 0 Å². The van der Waals surface area contributed by atoms with Gasteiger partial charge in [-0.3, -0.25) is 4.98 Å². The molecular formula is C13H18N2O. The van der Waals surface area contributed by atoms with Gasteiger partial charge in [0.25, 0.3) is 0 Å². The molecule has 1 aromatic heterocycles. The largest absolute Gasteiger partial charge is 0.375 e. The van der Waals surface area contributed by atoms with E-state index in [0.29, 0.717) is 18.1 Å². The van der Waals surface area contributed by atoms with Crippen LogP contribution in [0, 0.1) is 5.92 Å². The molecular weight excluding hydrogens is 200 g/mol. The Morgan fingerprint density at radius 1 is 1.38 bits per heavy atom. The monoisotopic (exact) mass is 218 g/mol. The normalized spacial score (nSPS) is 34.2. The number of hydrogen-bond donors (Lipinski definition) is 1. The molecule has 0 saturated carbocycles. The van der Waals surface area contributed by atoms with Gasteiger partial charge in [0.05, 0.1) is 12.2 Å². The molecule has 4 atom stereocenters. The lowest BCUT2D eigenvalue weighted by atomic mass is 9.82. The van der Waals surface area contributed by atoms with Crippen molar-refractivity contribution in [1.29, 1.82) is 0 Å². The maximum atomic E-state index is 6.30. The zero-order valence-corrected chi connectivity index (χ0v) is 9.38. The molecule has 0 radical (unpaired) electrons. The molecule has 0 spiro atoms. The topological polar surface area (TPSA) is 48.1 Å². The summed E-state index contributed by atoms with van der Waals surface area (Å²) in [5.74, 6) is 0.562. The molecule has 3 nitrogen and oxygen atoms in total. The molecule has 0 aliphatic carbocycles. The molecule has 2 aliphatic rings. The molecule has 0 amide bonds. The minimum Gasteiger partial charge on any atom is -0.375 e. The highest BCUT2D eigenvalue weighted by Gasteiger charge is 2.43. The van der Waals surface area contributed by atoms with Gasteiger partial charge < -0.3 is 10.5 Å². The predicted octanol–water partition coefficient (Wildman–Crippen LogP) is 1.52. The summed E-state index contributed by atoms with van der Waals surface area (Å²) in [6, 6.07) is 4.33. The number of pyridine rings is 1. The van der Waals surface area contributed by atoms with E-state index in [4.69, 9.17) is 10.5 Å². The van der Waals surface area contributed by atoms with Crippen LogP contribution in [0.3, 0.4) is 0 Å². The highest BCUT2D eigenvalue weighted by Crippen LogP contribution is 2.40. The van der Waals surface area contributed by atoms with E-state index in [2.05, 4.69) is 4.98 Å². The average Bonchev–Trinajstić information content (AvgIpc) is 2.92. The lowest BCUT2D eigenvalue weighted by Gasteiger charge is -2.25. The van der Waals surface area contributed by atoms with Crippen molar-refractivity contribution >= 4 is 0 Å². The number of hydrogen-bond acceptors (Lipinski definition) is 3. The average molecular weight is 218 g/mol. The Hall–Kier alpha value is -0.930. The number of aromatic nitrogens is 1. The summed E-state index contributed by atoms with van der Waals surface area (Å²) in [6.45, 7) is 0. The maximum absolute atomic E-state index is 6.30. The minimum atomic E-state index is 0.234. The highest BCUT2D eigenvalue weighted by molar-refractivity contribution is 5.12. The van der Waals surface area contributed by atoms with Gasteiger partial charge in [-0.25, -0.2) is 0 Å². The Labute approximate surface area is 96.0 Å². The summed E-state index contributed by atoms with van der Waals surface area (Å²) >= 11 is 0.